The van der Waals surface area contributed by atoms with Gasteiger partial charge in [-0.25, -0.2) is 8.78 Å². The Labute approximate surface area is 106 Å². The number of rotatable bonds is 2. The van der Waals surface area contributed by atoms with E-state index in [1.165, 1.54) is 6.07 Å². The molecule has 0 bridgehead atoms. The number of likely N-dealkylation sites (tertiary alicyclic amines) is 1. The van der Waals surface area contributed by atoms with Crippen LogP contribution in [0, 0.1) is 23.5 Å². The molecule has 2 nitrogen and oxygen atoms in total. The second-order valence-electron chi connectivity index (χ2n) is 5.49. The SMILES string of the molecule is CC1C2CNCC2CN1Cc1ccc(F)cc1F. The molecule has 3 atom stereocenters. The number of benzene rings is 1. The summed E-state index contributed by atoms with van der Waals surface area (Å²) in [5.41, 5.74) is 0.594. The van der Waals surface area contributed by atoms with Crippen molar-refractivity contribution < 1.29 is 8.78 Å². The normalized spacial score (nSPS) is 31.8. The molecular weight excluding hydrogens is 234 g/mol. The second kappa shape index (κ2) is 4.59. The van der Waals surface area contributed by atoms with Crippen molar-refractivity contribution in [1.29, 1.82) is 0 Å². The van der Waals surface area contributed by atoms with Gasteiger partial charge >= 0.3 is 0 Å². The molecule has 3 rings (SSSR count). The Morgan fingerprint density at radius 1 is 1.33 bits per heavy atom. The Hall–Kier alpha value is -1.00. The van der Waals surface area contributed by atoms with Crippen LogP contribution in [0.2, 0.25) is 0 Å². The van der Waals surface area contributed by atoms with Crippen LogP contribution in [0.4, 0.5) is 8.78 Å². The van der Waals surface area contributed by atoms with Gasteiger partial charge in [-0.2, -0.15) is 0 Å². The van der Waals surface area contributed by atoms with Crippen LogP contribution in [0.3, 0.4) is 0 Å². The molecular formula is C14H18F2N2. The van der Waals surface area contributed by atoms with Crippen molar-refractivity contribution in [2.24, 2.45) is 11.8 Å². The van der Waals surface area contributed by atoms with Gasteiger partial charge in [0.15, 0.2) is 0 Å². The summed E-state index contributed by atoms with van der Waals surface area (Å²) in [5.74, 6) is 0.418. The van der Waals surface area contributed by atoms with Gasteiger partial charge in [-0.15, -0.1) is 0 Å². The summed E-state index contributed by atoms with van der Waals surface area (Å²) < 4.78 is 26.5. The molecule has 4 heteroatoms. The molecule has 0 aromatic heterocycles. The van der Waals surface area contributed by atoms with E-state index in [2.05, 4.69) is 17.1 Å². The van der Waals surface area contributed by atoms with Crippen LogP contribution in [0.15, 0.2) is 18.2 Å². The van der Waals surface area contributed by atoms with E-state index in [1.807, 2.05) is 0 Å². The van der Waals surface area contributed by atoms with E-state index in [9.17, 15) is 8.78 Å². The zero-order chi connectivity index (χ0) is 12.7. The van der Waals surface area contributed by atoms with Gasteiger partial charge < -0.3 is 5.32 Å². The first-order valence-corrected chi connectivity index (χ1v) is 6.54. The van der Waals surface area contributed by atoms with Crippen molar-refractivity contribution in [3.8, 4) is 0 Å². The van der Waals surface area contributed by atoms with E-state index in [4.69, 9.17) is 0 Å². The third-order valence-corrected chi connectivity index (χ3v) is 4.45. The van der Waals surface area contributed by atoms with E-state index >= 15 is 0 Å². The maximum atomic E-state index is 13.6. The van der Waals surface area contributed by atoms with E-state index < -0.39 is 11.6 Å². The van der Waals surface area contributed by atoms with Crippen LogP contribution in [-0.4, -0.2) is 30.6 Å². The number of nitrogens with one attached hydrogen (secondary N) is 1. The minimum Gasteiger partial charge on any atom is -0.316 e. The molecule has 0 spiro atoms. The lowest BCUT2D eigenvalue weighted by atomic mass is 9.95. The maximum Gasteiger partial charge on any atom is 0.130 e. The van der Waals surface area contributed by atoms with Gasteiger partial charge in [0, 0.05) is 30.8 Å². The van der Waals surface area contributed by atoms with Gasteiger partial charge in [0.05, 0.1) is 0 Å². The summed E-state index contributed by atoms with van der Waals surface area (Å²) in [5, 5.41) is 3.41. The topological polar surface area (TPSA) is 15.3 Å². The van der Waals surface area contributed by atoms with Crippen molar-refractivity contribution in [2.75, 3.05) is 19.6 Å². The summed E-state index contributed by atoms with van der Waals surface area (Å²) in [6, 6.07) is 4.33. The molecule has 98 valence electrons. The molecule has 3 unspecified atom stereocenters. The fraction of sp³-hybridized carbons (Fsp3) is 0.571. The van der Waals surface area contributed by atoms with Crippen molar-refractivity contribution in [1.82, 2.24) is 10.2 Å². The molecule has 2 aliphatic rings. The Morgan fingerprint density at radius 2 is 2.17 bits per heavy atom. The molecule has 0 aliphatic carbocycles. The third-order valence-electron chi connectivity index (χ3n) is 4.45. The number of hydrogen-bond donors (Lipinski definition) is 1. The van der Waals surface area contributed by atoms with Crippen molar-refractivity contribution >= 4 is 0 Å². The zero-order valence-electron chi connectivity index (χ0n) is 10.5. The summed E-state index contributed by atoms with van der Waals surface area (Å²) >= 11 is 0. The standard InChI is InChI=1S/C14H18F2N2/c1-9-13-6-17-5-11(13)8-18(9)7-10-2-3-12(15)4-14(10)16/h2-4,9,11,13,17H,5-8H2,1H3. The lowest BCUT2D eigenvalue weighted by Gasteiger charge is -2.24. The molecule has 0 amide bonds. The first-order valence-electron chi connectivity index (χ1n) is 6.54. The maximum absolute atomic E-state index is 13.6. The number of halogens is 2. The average Bonchev–Trinajstić information content (AvgIpc) is 2.88. The lowest BCUT2D eigenvalue weighted by molar-refractivity contribution is 0.228. The van der Waals surface area contributed by atoms with E-state index in [0.29, 0.717) is 30.0 Å². The summed E-state index contributed by atoms with van der Waals surface area (Å²) in [7, 11) is 0. The van der Waals surface area contributed by atoms with Gasteiger partial charge in [-0.05, 0) is 37.9 Å². The zero-order valence-corrected chi connectivity index (χ0v) is 10.5. The highest BCUT2D eigenvalue weighted by molar-refractivity contribution is 5.19. The smallest absolute Gasteiger partial charge is 0.130 e. The highest BCUT2D eigenvalue weighted by Gasteiger charge is 2.41. The predicted octanol–water partition coefficient (Wildman–Crippen LogP) is 2.00. The number of fused-ring (bicyclic) bond motifs is 1. The van der Waals surface area contributed by atoms with Crippen LogP contribution in [0.1, 0.15) is 12.5 Å². The highest BCUT2D eigenvalue weighted by Crippen LogP contribution is 2.33. The Morgan fingerprint density at radius 3 is 2.89 bits per heavy atom. The lowest BCUT2D eigenvalue weighted by Crippen LogP contribution is -2.33. The van der Waals surface area contributed by atoms with E-state index in [1.54, 1.807) is 6.07 Å². The van der Waals surface area contributed by atoms with Crippen molar-refractivity contribution in [3.05, 3.63) is 35.4 Å². The fourth-order valence-corrected chi connectivity index (χ4v) is 3.33. The molecule has 2 aliphatic heterocycles. The third kappa shape index (κ3) is 2.04. The summed E-state index contributed by atoms with van der Waals surface area (Å²) in [4.78, 5) is 2.31. The molecule has 0 radical (unpaired) electrons. The van der Waals surface area contributed by atoms with Crippen LogP contribution in [-0.2, 0) is 6.54 Å². The summed E-state index contributed by atoms with van der Waals surface area (Å²) in [6.07, 6.45) is 0. The largest absolute Gasteiger partial charge is 0.316 e. The van der Waals surface area contributed by atoms with Crippen molar-refractivity contribution in [2.45, 2.75) is 19.5 Å². The molecule has 1 aromatic rings. The van der Waals surface area contributed by atoms with Crippen LogP contribution < -0.4 is 5.32 Å². The first-order chi connectivity index (χ1) is 8.65. The number of hydrogen-bond acceptors (Lipinski definition) is 2. The van der Waals surface area contributed by atoms with Crippen LogP contribution in [0.25, 0.3) is 0 Å². The van der Waals surface area contributed by atoms with Crippen LogP contribution in [0.5, 0.6) is 0 Å². The molecule has 2 heterocycles. The predicted molar refractivity (Wildman–Crippen MR) is 66.1 cm³/mol. The van der Waals surface area contributed by atoms with Gasteiger partial charge in [0.1, 0.15) is 11.6 Å². The quantitative estimate of drug-likeness (QED) is 0.866. The molecule has 2 fully saturated rings. The molecule has 1 N–H and O–H groups in total. The second-order valence-corrected chi connectivity index (χ2v) is 5.49. The Bertz CT molecular complexity index is 449. The molecule has 2 saturated heterocycles. The average molecular weight is 252 g/mol. The minimum atomic E-state index is -0.508. The molecule has 1 aromatic carbocycles. The fourth-order valence-electron chi connectivity index (χ4n) is 3.33. The minimum absolute atomic E-state index is 0.433. The van der Waals surface area contributed by atoms with E-state index in [0.717, 1.165) is 25.7 Å². The van der Waals surface area contributed by atoms with Crippen molar-refractivity contribution in [3.63, 3.8) is 0 Å². The van der Waals surface area contributed by atoms with Gasteiger partial charge in [0.2, 0.25) is 0 Å². The number of nitrogens with zero attached hydrogens (tertiary/aromatic N) is 1. The highest BCUT2D eigenvalue weighted by atomic mass is 19.1. The van der Waals surface area contributed by atoms with Gasteiger partial charge in [-0.3, -0.25) is 4.90 Å². The summed E-state index contributed by atoms with van der Waals surface area (Å²) in [6.45, 7) is 5.93. The Balaban J connectivity index is 1.73. The van der Waals surface area contributed by atoms with Gasteiger partial charge in [0.25, 0.3) is 0 Å². The first kappa shape index (κ1) is 12.1. The van der Waals surface area contributed by atoms with E-state index in [-0.39, 0.29) is 0 Å². The Kier molecular flexibility index (Phi) is 3.08. The van der Waals surface area contributed by atoms with Crippen LogP contribution >= 0.6 is 0 Å². The molecule has 0 saturated carbocycles. The van der Waals surface area contributed by atoms with Gasteiger partial charge in [-0.1, -0.05) is 6.07 Å². The monoisotopic (exact) mass is 252 g/mol. The molecule has 18 heavy (non-hydrogen) atoms.